The Balaban J connectivity index is 1.30. The lowest BCUT2D eigenvalue weighted by molar-refractivity contribution is -0.0502. The topological polar surface area (TPSA) is 77.5 Å². The van der Waals surface area contributed by atoms with E-state index in [0.717, 1.165) is 58.1 Å². The first-order valence-electron chi connectivity index (χ1n) is 11.2. The molecule has 31 heavy (non-hydrogen) atoms. The Labute approximate surface area is 186 Å². The van der Waals surface area contributed by atoms with Crippen LogP contribution in [0.2, 0.25) is 0 Å². The highest BCUT2D eigenvalue weighted by molar-refractivity contribution is 7.88. The highest BCUT2D eigenvalue weighted by atomic mass is 32.2. The van der Waals surface area contributed by atoms with Gasteiger partial charge in [-0.2, -0.15) is 0 Å². The van der Waals surface area contributed by atoms with Gasteiger partial charge in [0.15, 0.2) is 5.96 Å². The second kappa shape index (κ2) is 9.85. The third kappa shape index (κ3) is 5.58. The molecule has 1 N–H and O–H groups in total. The number of guanidine groups is 1. The number of piperidine rings is 1. The van der Waals surface area contributed by atoms with Crippen LogP contribution in [-0.2, 0) is 21.3 Å². The minimum Gasteiger partial charge on any atom is -0.373 e. The average Bonchev–Trinajstić information content (AvgIpc) is 3.20. The first-order chi connectivity index (χ1) is 14.9. The van der Waals surface area contributed by atoms with Gasteiger partial charge < -0.3 is 15.0 Å². The maximum absolute atomic E-state index is 11.7. The Bertz CT molecular complexity index is 855. The zero-order valence-electron chi connectivity index (χ0n) is 18.6. The molecule has 172 valence electrons. The molecule has 0 saturated carbocycles. The van der Waals surface area contributed by atoms with Crippen molar-refractivity contribution in [2.45, 2.75) is 31.5 Å². The number of benzene rings is 1. The van der Waals surface area contributed by atoms with Crippen molar-refractivity contribution in [3.05, 3.63) is 35.9 Å². The van der Waals surface area contributed by atoms with E-state index in [1.807, 2.05) is 7.05 Å². The lowest BCUT2D eigenvalue weighted by Gasteiger charge is -2.36. The largest absolute Gasteiger partial charge is 0.373 e. The van der Waals surface area contributed by atoms with Crippen molar-refractivity contribution < 1.29 is 13.2 Å². The maximum Gasteiger partial charge on any atom is 0.211 e. The number of fused-ring (bicyclic) bond motifs is 1. The number of rotatable bonds is 5. The van der Waals surface area contributed by atoms with E-state index in [1.54, 1.807) is 4.31 Å². The Kier molecular flexibility index (Phi) is 7.15. The lowest BCUT2D eigenvalue weighted by Crippen LogP contribution is -2.50. The average molecular weight is 450 g/mol. The van der Waals surface area contributed by atoms with Crippen molar-refractivity contribution >= 4 is 16.0 Å². The number of sulfonamides is 1. The first kappa shape index (κ1) is 22.5. The van der Waals surface area contributed by atoms with Gasteiger partial charge in [-0.1, -0.05) is 30.3 Å². The van der Waals surface area contributed by atoms with E-state index in [9.17, 15) is 8.42 Å². The SMILES string of the molecule is CN=C(NCC1CCN(S(C)(=O)=O)CC1)N1CC2OCCN(Cc3ccccc3)C2C1. The molecule has 9 heteroatoms. The highest BCUT2D eigenvalue weighted by Gasteiger charge is 2.41. The molecule has 2 atom stereocenters. The van der Waals surface area contributed by atoms with E-state index in [2.05, 4.69) is 50.4 Å². The summed E-state index contributed by atoms with van der Waals surface area (Å²) >= 11 is 0. The first-order valence-corrected chi connectivity index (χ1v) is 13.1. The van der Waals surface area contributed by atoms with E-state index in [4.69, 9.17) is 4.74 Å². The van der Waals surface area contributed by atoms with Crippen LogP contribution in [0.25, 0.3) is 0 Å². The van der Waals surface area contributed by atoms with Crippen LogP contribution in [0.3, 0.4) is 0 Å². The van der Waals surface area contributed by atoms with Crippen LogP contribution < -0.4 is 5.32 Å². The summed E-state index contributed by atoms with van der Waals surface area (Å²) in [4.78, 5) is 9.38. The summed E-state index contributed by atoms with van der Waals surface area (Å²) in [5, 5.41) is 3.54. The van der Waals surface area contributed by atoms with Crippen LogP contribution in [0.1, 0.15) is 18.4 Å². The number of morpholine rings is 1. The molecular weight excluding hydrogens is 414 g/mol. The minimum absolute atomic E-state index is 0.203. The fraction of sp³-hybridized carbons (Fsp3) is 0.682. The van der Waals surface area contributed by atoms with Crippen LogP contribution in [0, 0.1) is 5.92 Å². The van der Waals surface area contributed by atoms with Crippen molar-refractivity contribution in [3.63, 3.8) is 0 Å². The third-order valence-electron chi connectivity index (χ3n) is 6.75. The molecule has 0 bridgehead atoms. The number of aliphatic imine (C=N–C) groups is 1. The maximum atomic E-state index is 11.7. The molecule has 2 unspecified atom stereocenters. The molecule has 0 radical (unpaired) electrons. The summed E-state index contributed by atoms with van der Waals surface area (Å²) in [6.07, 6.45) is 3.27. The molecular formula is C22H35N5O3S. The Hall–Kier alpha value is -1.68. The van der Waals surface area contributed by atoms with E-state index in [0.29, 0.717) is 25.0 Å². The lowest BCUT2D eigenvalue weighted by atomic mass is 9.98. The van der Waals surface area contributed by atoms with E-state index in [1.165, 1.54) is 11.8 Å². The van der Waals surface area contributed by atoms with Crippen molar-refractivity contribution in [3.8, 4) is 0 Å². The molecule has 1 aromatic carbocycles. The predicted molar refractivity (Wildman–Crippen MR) is 122 cm³/mol. The van der Waals surface area contributed by atoms with E-state index in [-0.39, 0.29) is 6.10 Å². The van der Waals surface area contributed by atoms with Gasteiger partial charge >= 0.3 is 0 Å². The van der Waals surface area contributed by atoms with E-state index >= 15 is 0 Å². The summed E-state index contributed by atoms with van der Waals surface area (Å²) in [5.41, 5.74) is 1.34. The van der Waals surface area contributed by atoms with E-state index < -0.39 is 10.0 Å². The van der Waals surface area contributed by atoms with Crippen LogP contribution in [0.15, 0.2) is 35.3 Å². The van der Waals surface area contributed by atoms with Gasteiger partial charge in [-0.3, -0.25) is 9.89 Å². The summed E-state index contributed by atoms with van der Waals surface area (Å²) in [6.45, 7) is 6.47. The van der Waals surface area contributed by atoms with Gasteiger partial charge in [0.1, 0.15) is 0 Å². The summed E-state index contributed by atoms with van der Waals surface area (Å²) in [5.74, 6) is 1.38. The Morgan fingerprint density at radius 2 is 1.90 bits per heavy atom. The van der Waals surface area contributed by atoms with Crippen molar-refractivity contribution in [2.75, 3.05) is 59.2 Å². The van der Waals surface area contributed by atoms with Gasteiger partial charge in [-0.25, -0.2) is 12.7 Å². The molecule has 1 aromatic rings. The standard InChI is InChI=1S/C22H35N5O3S/c1-23-22(24-14-18-8-10-27(11-9-18)31(2,28)29)26-16-20-21(17-26)30-13-12-25(20)15-19-6-4-3-5-7-19/h3-7,18,20-21H,8-17H2,1-2H3,(H,23,24). The van der Waals surface area contributed by atoms with Crippen LogP contribution in [0.4, 0.5) is 0 Å². The Morgan fingerprint density at radius 3 is 2.58 bits per heavy atom. The molecule has 4 rings (SSSR count). The van der Waals surface area contributed by atoms with Crippen LogP contribution in [-0.4, -0.2) is 99.8 Å². The van der Waals surface area contributed by atoms with Crippen molar-refractivity contribution in [1.29, 1.82) is 0 Å². The normalized spacial score (nSPS) is 26.8. The number of likely N-dealkylation sites (tertiary alicyclic amines) is 1. The van der Waals surface area contributed by atoms with Gasteiger partial charge in [-0.05, 0) is 24.3 Å². The van der Waals surface area contributed by atoms with Crippen LogP contribution >= 0.6 is 0 Å². The number of hydrogen-bond acceptors (Lipinski definition) is 5. The molecule has 3 heterocycles. The zero-order valence-corrected chi connectivity index (χ0v) is 19.4. The monoisotopic (exact) mass is 449 g/mol. The van der Waals surface area contributed by atoms with Gasteiger partial charge in [0, 0.05) is 52.9 Å². The van der Waals surface area contributed by atoms with Gasteiger partial charge in [0.05, 0.1) is 25.0 Å². The molecule has 3 aliphatic heterocycles. The number of nitrogens with one attached hydrogen (secondary N) is 1. The fourth-order valence-electron chi connectivity index (χ4n) is 4.96. The van der Waals surface area contributed by atoms with Gasteiger partial charge in [0.2, 0.25) is 10.0 Å². The number of hydrogen-bond donors (Lipinski definition) is 1. The summed E-state index contributed by atoms with van der Waals surface area (Å²) < 4.78 is 31.1. The molecule has 0 aromatic heterocycles. The molecule has 3 saturated heterocycles. The van der Waals surface area contributed by atoms with Crippen molar-refractivity contribution in [2.24, 2.45) is 10.9 Å². The second-order valence-electron chi connectivity index (χ2n) is 8.87. The molecule has 3 aliphatic rings. The molecule has 8 nitrogen and oxygen atoms in total. The second-order valence-corrected chi connectivity index (χ2v) is 10.9. The quantitative estimate of drug-likeness (QED) is 0.530. The molecule has 0 amide bonds. The van der Waals surface area contributed by atoms with Crippen LogP contribution in [0.5, 0.6) is 0 Å². The Morgan fingerprint density at radius 1 is 1.16 bits per heavy atom. The number of ether oxygens (including phenoxy) is 1. The molecule has 0 spiro atoms. The number of nitrogens with zero attached hydrogens (tertiary/aromatic N) is 4. The van der Waals surface area contributed by atoms with Crippen molar-refractivity contribution in [1.82, 2.24) is 19.4 Å². The smallest absolute Gasteiger partial charge is 0.211 e. The minimum atomic E-state index is -3.08. The predicted octanol–water partition coefficient (Wildman–Crippen LogP) is 0.819. The highest BCUT2D eigenvalue weighted by Crippen LogP contribution is 2.25. The summed E-state index contributed by atoms with van der Waals surface area (Å²) in [7, 11) is -1.24. The van der Waals surface area contributed by atoms with Gasteiger partial charge in [-0.15, -0.1) is 0 Å². The molecule has 0 aliphatic carbocycles. The summed E-state index contributed by atoms with van der Waals surface area (Å²) in [6, 6.07) is 11.0. The van der Waals surface area contributed by atoms with Gasteiger partial charge in [0.25, 0.3) is 0 Å². The fourth-order valence-corrected chi connectivity index (χ4v) is 5.83. The zero-order chi connectivity index (χ0) is 21.8. The third-order valence-corrected chi connectivity index (χ3v) is 8.05. The molecule has 3 fully saturated rings.